The number of aromatic amines is 1. The maximum atomic E-state index is 4.40. The topological polar surface area (TPSA) is 31.9 Å². The van der Waals surface area contributed by atoms with Gasteiger partial charge in [0.25, 0.3) is 0 Å². The van der Waals surface area contributed by atoms with Crippen molar-refractivity contribution in [2.24, 2.45) is 0 Å². The van der Waals surface area contributed by atoms with E-state index in [4.69, 9.17) is 0 Å². The maximum absolute atomic E-state index is 4.40. The SMILES string of the molecule is c1ccc(N2c3ccccc3-c3[nH]c4ccncc4c3-c3ccccc32)cc1. The Morgan fingerprint density at radius 3 is 2.18 bits per heavy atom. The minimum absolute atomic E-state index is 1.11. The van der Waals surface area contributed by atoms with Gasteiger partial charge < -0.3 is 9.88 Å². The summed E-state index contributed by atoms with van der Waals surface area (Å²) in [7, 11) is 0. The van der Waals surface area contributed by atoms with E-state index in [0.29, 0.717) is 0 Å². The van der Waals surface area contributed by atoms with Crippen molar-refractivity contribution in [3.8, 4) is 22.4 Å². The summed E-state index contributed by atoms with van der Waals surface area (Å²) < 4.78 is 0. The molecule has 3 heterocycles. The summed E-state index contributed by atoms with van der Waals surface area (Å²) in [6.45, 7) is 0. The molecule has 0 unspecified atom stereocenters. The third-order valence-corrected chi connectivity index (χ3v) is 5.44. The monoisotopic (exact) mass is 359 g/mol. The molecule has 0 spiro atoms. The van der Waals surface area contributed by atoms with E-state index in [9.17, 15) is 0 Å². The highest BCUT2D eigenvalue weighted by molar-refractivity contribution is 6.11. The molecule has 5 aromatic rings. The molecule has 1 aliphatic rings. The van der Waals surface area contributed by atoms with Crippen molar-refractivity contribution in [3.63, 3.8) is 0 Å². The van der Waals surface area contributed by atoms with E-state index >= 15 is 0 Å². The quantitative estimate of drug-likeness (QED) is 0.355. The number of hydrogen-bond acceptors (Lipinski definition) is 2. The second-order valence-corrected chi connectivity index (χ2v) is 7.00. The fourth-order valence-electron chi connectivity index (χ4n) is 4.26. The normalized spacial score (nSPS) is 12.2. The molecule has 3 aromatic carbocycles. The first-order valence-electron chi connectivity index (χ1n) is 9.41. The molecule has 3 heteroatoms. The fourth-order valence-corrected chi connectivity index (χ4v) is 4.26. The molecule has 0 radical (unpaired) electrons. The van der Waals surface area contributed by atoms with E-state index in [1.54, 1.807) is 0 Å². The van der Waals surface area contributed by atoms with Gasteiger partial charge in [-0.3, -0.25) is 4.98 Å². The molecule has 1 aliphatic heterocycles. The highest BCUT2D eigenvalue weighted by atomic mass is 15.2. The van der Waals surface area contributed by atoms with Gasteiger partial charge in [0.15, 0.2) is 0 Å². The third-order valence-electron chi connectivity index (χ3n) is 5.44. The lowest BCUT2D eigenvalue weighted by atomic mass is 9.99. The molecule has 6 rings (SSSR count). The average molecular weight is 359 g/mol. The summed E-state index contributed by atoms with van der Waals surface area (Å²) in [6, 6.07) is 29.8. The molecule has 0 fully saturated rings. The summed E-state index contributed by atoms with van der Waals surface area (Å²) in [5, 5.41) is 1.15. The smallest absolute Gasteiger partial charge is 0.0567 e. The van der Waals surface area contributed by atoms with Crippen LogP contribution in [-0.2, 0) is 0 Å². The Hall–Kier alpha value is -3.85. The van der Waals surface area contributed by atoms with Crippen LogP contribution in [0.4, 0.5) is 17.1 Å². The van der Waals surface area contributed by atoms with Crippen LogP contribution >= 0.6 is 0 Å². The number of rotatable bonds is 1. The lowest BCUT2D eigenvalue weighted by molar-refractivity contribution is 1.29. The highest BCUT2D eigenvalue weighted by Gasteiger charge is 2.28. The molecule has 2 aromatic heterocycles. The number of hydrogen-bond donors (Lipinski definition) is 1. The Labute approximate surface area is 162 Å². The Balaban J connectivity index is 1.79. The number of fused-ring (bicyclic) bond motifs is 7. The van der Waals surface area contributed by atoms with Gasteiger partial charge in [0, 0.05) is 45.7 Å². The van der Waals surface area contributed by atoms with Crippen LogP contribution in [0.1, 0.15) is 0 Å². The first-order valence-corrected chi connectivity index (χ1v) is 9.41. The number of para-hydroxylation sites is 3. The fraction of sp³-hybridized carbons (Fsp3) is 0. The summed E-state index contributed by atoms with van der Waals surface area (Å²) in [5.74, 6) is 0. The van der Waals surface area contributed by atoms with Crippen molar-refractivity contribution < 1.29 is 0 Å². The first kappa shape index (κ1) is 15.2. The van der Waals surface area contributed by atoms with Gasteiger partial charge in [0.1, 0.15) is 0 Å². The second kappa shape index (κ2) is 5.83. The predicted molar refractivity (Wildman–Crippen MR) is 115 cm³/mol. The zero-order valence-corrected chi connectivity index (χ0v) is 15.1. The van der Waals surface area contributed by atoms with Crippen molar-refractivity contribution in [1.82, 2.24) is 9.97 Å². The van der Waals surface area contributed by atoms with Crippen molar-refractivity contribution in [3.05, 3.63) is 97.3 Å². The molecule has 0 aliphatic carbocycles. The van der Waals surface area contributed by atoms with Crippen LogP contribution < -0.4 is 4.90 Å². The lowest BCUT2D eigenvalue weighted by Crippen LogP contribution is -2.10. The van der Waals surface area contributed by atoms with Gasteiger partial charge in [-0.05, 0) is 30.3 Å². The van der Waals surface area contributed by atoms with Gasteiger partial charge in [0.2, 0.25) is 0 Å². The van der Waals surface area contributed by atoms with Crippen molar-refractivity contribution in [2.45, 2.75) is 0 Å². The number of benzene rings is 3. The van der Waals surface area contributed by atoms with E-state index in [0.717, 1.165) is 22.3 Å². The largest absolute Gasteiger partial charge is 0.354 e. The van der Waals surface area contributed by atoms with E-state index in [1.807, 2.05) is 18.5 Å². The number of H-pyrrole nitrogens is 1. The van der Waals surface area contributed by atoms with E-state index in [1.165, 1.54) is 28.1 Å². The molecular formula is C25H17N3. The number of aromatic nitrogens is 2. The van der Waals surface area contributed by atoms with E-state index < -0.39 is 0 Å². The van der Waals surface area contributed by atoms with Crippen molar-refractivity contribution in [1.29, 1.82) is 0 Å². The molecular weight excluding hydrogens is 342 g/mol. The van der Waals surface area contributed by atoms with Crippen LogP contribution in [0.3, 0.4) is 0 Å². The molecule has 0 saturated carbocycles. The third kappa shape index (κ3) is 2.07. The Bertz CT molecular complexity index is 1320. The molecule has 0 bridgehead atoms. The number of nitrogens with zero attached hydrogens (tertiary/aromatic N) is 2. The van der Waals surface area contributed by atoms with E-state index in [-0.39, 0.29) is 0 Å². The van der Waals surface area contributed by atoms with Crippen LogP contribution in [0, 0.1) is 0 Å². The summed E-state index contributed by atoms with van der Waals surface area (Å²) in [4.78, 5) is 10.4. The average Bonchev–Trinajstić information content (AvgIpc) is 3.09. The number of nitrogens with one attached hydrogen (secondary N) is 1. The molecule has 28 heavy (non-hydrogen) atoms. The van der Waals surface area contributed by atoms with Crippen LogP contribution in [-0.4, -0.2) is 9.97 Å². The number of pyridine rings is 1. The van der Waals surface area contributed by atoms with Gasteiger partial charge in [-0.2, -0.15) is 0 Å². The zero-order chi connectivity index (χ0) is 18.5. The standard InChI is InChI=1S/C25H17N3/c1-2-8-17(9-3-1)28-22-12-6-4-10-18(22)24-20-16-26-15-14-21(20)27-25(24)19-11-5-7-13-23(19)28/h1-16,27H. The maximum Gasteiger partial charge on any atom is 0.0567 e. The summed E-state index contributed by atoms with van der Waals surface area (Å²) in [5.41, 5.74) is 9.34. The first-order chi connectivity index (χ1) is 13.9. The van der Waals surface area contributed by atoms with Gasteiger partial charge >= 0.3 is 0 Å². The molecule has 0 atom stereocenters. The molecule has 3 nitrogen and oxygen atoms in total. The van der Waals surface area contributed by atoms with Gasteiger partial charge in [0.05, 0.1) is 17.1 Å². The van der Waals surface area contributed by atoms with Gasteiger partial charge in [-0.1, -0.05) is 54.6 Å². The number of anilines is 3. The molecule has 132 valence electrons. The highest BCUT2D eigenvalue weighted by Crippen LogP contribution is 2.52. The van der Waals surface area contributed by atoms with Crippen molar-refractivity contribution in [2.75, 3.05) is 4.90 Å². The Kier molecular flexibility index (Phi) is 3.17. The minimum Gasteiger partial charge on any atom is -0.354 e. The second-order valence-electron chi connectivity index (χ2n) is 7.00. The van der Waals surface area contributed by atoms with Crippen LogP contribution in [0.25, 0.3) is 33.3 Å². The molecule has 0 amide bonds. The van der Waals surface area contributed by atoms with Crippen molar-refractivity contribution >= 4 is 28.0 Å². The van der Waals surface area contributed by atoms with Gasteiger partial charge in [-0.25, -0.2) is 0 Å². The lowest BCUT2D eigenvalue weighted by Gasteiger charge is -2.27. The Morgan fingerprint density at radius 1 is 0.679 bits per heavy atom. The molecule has 0 saturated heterocycles. The van der Waals surface area contributed by atoms with Crippen LogP contribution in [0.5, 0.6) is 0 Å². The van der Waals surface area contributed by atoms with E-state index in [2.05, 4.69) is 93.7 Å². The van der Waals surface area contributed by atoms with Gasteiger partial charge in [-0.15, -0.1) is 0 Å². The zero-order valence-electron chi connectivity index (χ0n) is 15.1. The Morgan fingerprint density at radius 2 is 1.36 bits per heavy atom. The van der Waals surface area contributed by atoms with Crippen LogP contribution in [0.15, 0.2) is 97.3 Å². The molecule has 1 N–H and O–H groups in total. The summed E-state index contributed by atoms with van der Waals surface area (Å²) >= 11 is 0. The summed E-state index contributed by atoms with van der Waals surface area (Å²) in [6.07, 6.45) is 3.80. The van der Waals surface area contributed by atoms with Crippen LogP contribution in [0.2, 0.25) is 0 Å². The predicted octanol–water partition coefficient (Wildman–Crippen LogP) is 6.68. The minimum atomic E-state index is 1.11.